The summed E-state index contributed by atoms with van der Waals surface area (Å²) in [6, 6.07) is 0.256. The minimum Gasteiger partial charge on any atom is -0.394 e. The minimum atomic E-state index is -0.678. The summed E-state index contributed by atoms with van der Waals surface area (Å²) in [6.07, 6.45) is 0.185. The Balaban J connectivity index is 3.70. The molecular formula is C10H23NO3. The van der Waals surface area contributed by atoms with E-state index in [1.165, 1.54) is 0 Å². The Morgan fingerprint density at radius 1 is 1.43 bits per heavy atom. The van der Waals surface area contributed by atoms with Crippen LogP contribution in [0.15, 0.2) is 0 Å². The second-order valence-electron chi connectivity index (χ2n) is 4.31. The van der Waals surface area contributed by atoms with Gasteiger partial charge in [0.2, 0.25) is 0 Å². The van der Waals surface area contributed by atoms with Gasteiger partial charge < -0.3 is 20.3 Å². The molecule has 3 N–H and O–H groups in total. The maximum absolute atomic E-state index is 9.12. The third kappa shape index (κ3) is 6.32. The summed E-state index contributed by atoms with van der Waals surface area (Å²) in [7, 11) is 1.69. The topological polar surface area (TPSA) is 61.7 Å². The molecule has 0 fully saturated rings. The molecule has 0 aromatic heterocycles. The number of aliphatic hydroxyl groups is 2. The van der Waals surface area contributed by atoms with E-state index in [-0.39, 0.29) is 18.2 Å². The van der Waals surface area contributed by atoms with Gasteiger partial charge in [0, 0.05) is 19.7 Å². The van der Waals surface area contributed by atoms with Crippen LogP contribution in [0.2, 0.25) is 0 Å². The number of hydrogen-bond donors (Lipinski definition) is 3. The summed E-state index contributed by atoms with van der Waals surface area (Å²) in [5.41, 5.74) is -0.156. The van der Waals surface area contributed by atoms with E-state index in [0.29, 0.717) is 6.54 Å². The fraction of sp³-hybridized carbons (Fsp3) is 1.00. The van der Waals surface area contributed by atoms with Gasteiger partial charge in [-0.05, 0) is 27.2 Å². The zero-order chi connectivity index (χ0) is 11.2. The van der Waals surface area contributed by atoms with Crippen molar-refractivity contribution < 1.29 is 14.9 Å². The number of rotatable bonds is 7. The Bertz CT molecular complexity index is 150. The highest BCUT2D eigenvalue weighted by atomic mass is 16.5. The molecule has 0 aromatic carbocycles. The van der Waals surface area contributed by atoms with E-state index in [4.69, 9.17) is 14.9 Å². The minimum absolute atomic E-state index is 0.156. The molecule has 0 spiro atoms. The molecule has 0 saturated carbocycles. The first-order chi connectivity index (χ1) is 6.41. The van der Waals surface area contributed by atoms with Gasteiger partial charge in [0.15, 0.2) is 0 Å². The van der Waals surface area contributed by atoms with Crippen LogP contribution in [0, 0.1) is 0 Å². The molecule has 0 rings (SSSR count). The lowest BCUT2D eigenvalue weighted by Crippen LogP contribution is -2.40. The molecule has 0 saturated heterocycles. The van der Waals surface area contributed by atoms with Gasteiger partial charge in [-0.2, -0.15) is 0 Å². The Morgan fingerprint density at radius 2 is 2.00 bits per heavy atom. The van der Waals surface area contributed by atoms with E-state index >= 15 is 0 Å². The average molecular weight is 205 g/mol. The van der Waals surface area contributed by atoms with Crippen molar-refractivity contribution in [2.45, 2.75) is 44.9 Å². The molecule has 4 heteroatoms. The molecule has 14 heavy (non-hydrogen) atoms. The molecule has 2 atom stereocenters. The highest BCUT2D eigenvalue weighted by molar-refractivity contribution is 4.76. The van der Waals surface area contributed by atoms with Crippen molar-refractivity contribution >= 4 is 0 Å². The number of hydrogen-bond acceptors (Lipinski definition) is 4. The third-order valence-electron chi connectivity index (χ3n) is 2.26. The fourth-order valence-electron chi connectivity index (χ4n) is 1.29. The highest BCUT2D eigenvalue weighted by Gasteiger charge is 2.20. The van der Waals surface area contributed by atoms with Crippen molar-refractivity contribution in [3.8, 4) is 0 Å². The quantitative estimate of drug-likeness (QED) is 0.553. The predicted molar refractivity (Wildman–Crippen MR) is 56.3 cm³/mol. The van der Waals surface area contributed by atoms with Crippen LogP contribution in [-0.4, -0.2) is 48.2 Å². The number of aliphatic hydroxyl groups excluding tert-OH is 2. The first-order valence-corrected chi connectivity index (χ1v) is 4.98. The van der Waals surface area contributed by atoms with Gasteiger partial charge in [-0.1, -0.05) is 0 Å². The van der Waals surface area contributed by atoms with Crippen molar-refractivity contribution in [2.75, 3.05) is 20.3 Å². The van der Waals surface area contributed by atoms with Crippen LogP contribution in [0.4, 0.5) is 0 Å². The summed E-state index contributed by atoms with van der Waals surface area (Å²) in [4.78, 5) is 0. The first-order valence-electron chi connectivity index (χ1n) is 4.98. The average Bonchev–Trinajstić information content (AvgIpc) is 2.13. The van der Waals surface area contributed by atoms with Crippen molar-refractivity contribution in [1.82, 2.24) is 5.32 Å². The van der Waals surface area contributed by atoms with Crippen LogP contribution >= 0.6 is 0 Å². The van der Waals surface area contributed by atoms with Crippen LogP contribution in [0.25, 0.3) is 0 Å². The number of nitrogens with one attached hydrogen (secondary N) is 1. The Hall–Kier alpha value is -0.160. The summed E-state index contributed by atoms with van der Waals surface area (Å²) in [6.45, 7) is 6.29. The Labute approximate surface area is 86.3 Å². The number of methoxy groups -OCH3 is 1. The maximum atomic E-state index is 9.12. The smallest absolute Gasteiger partial charge is 0.0895 e. The lowest BCUT2D eigenvalue weighted by molar-refractivity contribution is 0.00681. The summed E-state index contributed by atoms with van der Waals surface area (Å²) in [5, 5.41) is 20.9. The van der Waals surface area contributed by atoms with Gasteiger partial charge in [-0.25, -0.2) is 0 Å². The van der Waals surface area contributed by atoms with E-state index in [1.54, 1.807) is 7.11 Å². The summed E-state index contributed by atoms with van der Waals surface area (Å²) in [5.74, 6) is 0. The molecule has 0 aromatic rings. The van der Waals surface area contributed by atoms with Crippen LogP contribution in [0.3, 0.4) is 0 Å². The molecule has 0 aliphatic carbocycles. The Kier molecular flexibility index (Phi) is 6.27. The van der Waals surface area contributed by atoms with E-state index in [9.17, 15) is 0 Å². The Morgan fingerprint density at radius 3 is 2.43 bits per heavy atom. The molecule has 0 aliphatic heterocycles. The van der Waals surface area contributed by atoms with Crippen LogP contribution in [0.5, 0.6) is 0 Å². The van der Waals surface area contributed by atoms with Gasteiger partial charge >= 0.3 is 0 Å². The van der Waals surface area contributed by atoms with Gasteiger partial charge in [0.05, 0.1) is 18.3 Å². The monoisotopic (exact) mass is 205 g/mol. The van der Waals surface area contributed by atoms with Crippen LogP contribution in [-0.2, 0) is 4.74 Å². The molecule has 0 bridgehead atoms. The van der Waals surface area contributed by atoms with Crippen molar-refractivity contribution in [1.29, 1.82) is 0 Å². The predicted octanol–water partition coefficient (Wildman–Crippen LogP) is 0.133. The highest BCUT2D eigenvalue weighted by Crippen LogP contribution is 2.15. The zero-order valence-corrected chi connectivity index (χ0v) is 9.58. The van der Waals surface area contributed by atoms with E-state index < -0.39 is 6.10 Å². The normalized spacial score (nSPS) is 16.7. The summed E-state index contributed by atoms with van der Waals surface area (Å²) >= 11 is 0. The number of ether oxygens (including phenoxy) is 1. The van der Waals surface area contributed by atoms with Gasteiger partial charge in [0.1, 0.15) is 0 Å². The standard InChI is InChI=1S/C10H23NO3/c1-8(5-10(2,3)14-4)11-6-9(13)7-12/h8-9,11-13H,5-7H2,1-4H3. The fourth-order valence-corrected chi connectivity index (χ4v) is 1.29. The third-order valence-corrected chi connectivity index (χ3v) is 2.26. The molecule has 0 aliphatic rings. The van der Waals surface area contributed by atoms with Gasteiger partial charge in [0.25, 0.3) is 0 Å². The molecule has 86 valence electrons. The maximum Gasteiger partial charge on any atom is 0.0895 e. The van der Waals surface area contributed by atoms with Crippen molar-refractivity contribution in [2.24, 2.45) is 0 Å². The SMILES string of the molecule is COC(C)(C)CC(C)NCC(O)CO. The van der Waals surface area contributed by atoms with Gasteiger partial charge in [-0.3, -0.25) is 0 Å². The summed E-state index contributed by atoms with van der Waals surface area (Å²) < 4.78 is 5.29. The molecule has 0 radical (unpaired) electrons. The van der Waals surface area contributed by atoms with Crippen molar-refractivity contribution in [3.05, 3.63) is 0 Å². The second kappa shape index (κ2) is 6.35. The molecule has 2 unspecified atom stereocenters. The van der Waals surface area contributed by atoms with E-state index in [2.05, 4.69) is 5.32 Å². The molecule has 4 nitrogen and oxygen atoms in total. The van der Waals surface area contributed by atoms with Gasteiger partial charge in [-0.15, -0.1) is 0 Å². The van der Waals surface area contributed by atoms with E-state index in [1.807, 2.05) is 20.8 Å². The van der Waals surface area contributed by atoms with E-state index in [0.717, 1.165) is 6.42 Å². The zero-order valence-electron chi connectivity index (χ0n) is 9.58. The first kappa shape index (κ1) is 13.8. The lowest BCUT2D eigenvalue weighted by Gasteiger charge is -2.27. The van der Waals surface area contributed by atoms with Crippen molar-refractivity contribution in [3.63, 3.8) is 0 Å². The molecule has 0 heterocycles. The largest absolute Gasteiger partial charge is 0.394 e. The second-order valence-corrected chi connectivity index (χ2v) is 4.31. The van der Waals surface area contributed by atoms with Crippen LogP contribution < -0.4 is 5.32 Å². The molecular weight excluding hydrogens is 182 g/mol. The lowest BCUT2D eigenvalue weighted by atomic mass is 10.00. The van der Waals surface area contributed by atoms with Crippen LogP contribution in [0.1, 0.15) is 27.2 Å². The molecule has 0 amide bonds.